The molecule has 1 fully saturated rings. The molecule has 1 amide bonds. The molecule has 4 aromatic rings. The molecule has 5 N–H and O–H groups in total. The quantitative estimate of drug-likeness (QED) is 0.431. The van der Waals surface area contributed by atoms with Gasteiger partial charge < -0.3 is 21.3 Å². The predicted molar refractivity (Wildman–Crippen MR) is 122 cm³/mol. The molecule has 168 valence electrons. The predicted octanol–water partition coefficient (Wildman–Crippen LogP) is 3.29. The highest BCUT2D eigenvalue weighted by molar-refractivity contribution is 6.04. The standard InChI is InChI=1S/C24H22FN5O3/c1-33-20-11-18(12-3-2-4-14(25)7-12)28-19-8-13(5-6-17(19)20)22-21(24(27)32)23(26)30(29-22)15-9-16(31)10-15/h2-8,11,15-16,31H,9-10,26H2,1H3,(H2,27,32). The molecule has 8 nitrogen and oxygen atoms in total. The molecule has 5 rings (SSSR count). The number of rotatable bonds is 5. The van der Waals surface area contributed by atoms with E-state index in [4.69, 9.17) is 21.2 Å². The highest BCUT2D eigenvalue weighted by Crippen LogP contribution is 2.38. The number of amides is 1. The second-order valence-electron chi connectivity index (χ2n) is 8.15. The fraction of sp³-hybridized carbons (Fsp3) is 0.208. The Bertz CT molecular complexity index is 1390. The van der Waals surface area contributed by atoms with Crippen molar-refractivity contribution < 1.29 is 19.0 Å². The maximum atomic E-state index is 13.8. The lowest BCUT2D eigenvalue weighted by Gasteiger charge is -2.32. The van der Waals surface area contributed by atoms with E-state index in [-0.39, 0.29) is 23.2 Å². The summed E-state index contributed by atoms with van der Waals surface area (Å²) in [5.74, 6) is -0.300. The Kier molecular flexibility index (Phi) is 4.98. The molecular formula is C24H22FN5O3. The molecule has 0 bridgehead atoms. The summed E-state index contributed by atoms with van der Waals surface area (Å²) < 4.78 is 20.9. The number of nitrogens with zero attached hydrogens (tertiary/aromatic N) is 3. The number of halogens is 1. The van der Waals surface area contributed by atoms with E-state index in [1.807, 2.05) is 6.07 Å². The molecule has 0 atom stereocenters. The van der Waals surface area contributed by atoms with Crippen molar-refractivity contribution >= 4 is 22.6 Å². The summed E-state index contributed by atoms with van der Waals surface area (Å²) in [7, 11) is 1.55. The van der Waals surface area contributed by atoms with Crippen LogP contribution in [0.25, 0.3) is 33.4 Å². The van der Waals surface area contributed by atoms with Crippen LogP contribution in [0.4, 0.5) is 10.2 Å². The number of hydrogen-bond acceptors (Lipinski definition) is 6. The molecule has 1 aliphatic rings. The second kappa shape index (κ2) is 7.86. The number of hydrogen-bond donors (Lipinski definition) is 3. The first-order chi connectivity index (χ1) is 15.9. The van der Waals surface area contributed by atoms with Gasteiger partial charge in [0, 0.05) is 22.6 Å². The van der Waals surface area contributed by atoms with Gasteiger partial charge in [0.05, 0.1) is 30.5 Å². The van der Waals surface area contributed by atoms with Gasteiger partial charge in [-0.3, -0.25) is 4.79 Å². The van der Waals surface area contributed by atoms with E-state index in [2.05, 4.69) is 5.10 Å². The van der Waals surface area contributed by atoms with Gasteiger partial charge in [-0.05, 0) is 37.1 Å². The molecule has 0 saturated heterocycles. The number of aromatic nitrogens is 3. The number of aliphatic hydroxyl groups is 1. The van der Waals surface area contributed by atoms with Gasteiger partial charge in [0.1, 0.15) is 28.6 Å². The van der Waals surface area contributed by atoms with E-state index in [9.17, 15) is 14.3 Å². The summed E-state index contributed by atoms with van der Waals surface area (Å²) in [5, 5.41) is 15.0. The maximum Gasteiger partial charge on any atom is 0.254 e. The van der Waals surface area contributed by atoms with E-state index < -0.39 is 12.0 Å². The average molecular weight is 447 g/mol. The van der Waals surface area contributed by atoms with Gasteiger partial charge in [-0.1, -0.05) is 18.2 Å². The summed E-state index contributed by atoms with van der Waals surface area (Å²) in [6.45, 7) is 0. The fourth-order valence-corrected chi connectivity index (χ4v) is 4.24. The van der Waals surface area contributed by atoms with Crippen LogP contribution in [-0.4, -0.2) is 39.0 Å². The van der Waals surface area contributed by atoms with Crippen molar-refractivity contribution in [2.75, 3.05) is 12.8 Å². The fourth-order valence-electron chi connectivity index (χ4n) is 4.24. The van der Waals surface area contributed by atoms with Crippen LogP contribution >= 0.6 is 0 Å². The van der Waals surface area contributed by atoms with Crippen LogP contribution in [0.1, 0.15) is 29.2 Å². The van der Waals surface area contributed by atoms with Crippen molar-refractivity contribution in [2.45, 2.75) is 25.0 Å². The summed E-state index contributed by atoms with van der Waals surface area (Å²) in [5.41, 5.74) is 14.7. The number of benzene rings is 2. The first kappa shape index (κ1) is 20.9. The van der Waals surface area contributed by atoms with Crippen molar-refractivity contribution in [3.05, 3.63) is 59.9 Å². The minimum absolute atomic E-state index is 0.0925. The van der Waals surface area contributed by atoms with Gasteiger partial charge in [0.25, 0.3) is 5.91 Å². The monoisotopic (exact) mass is 447 g/mol. The van der Waals surface area contributed by atoms with Gasteiger partial charge in [-0.15, -0.1) is 0 Å². The third kappa shape index (κ3) is 3.56. The van der Waals surface area contributed by atoms with Gasteiger partial charge in [0.2, 0.25) is 0 Å². The van der Waals surface area contributed by atoms with Crippen LogP contribution < -0.4 is 16.2 Å². The molecule has 0 radical (unpaired) electrons. The summed E-state index contributed by atoms with van der Waals surface area (Å²) in [6, 6.07) is 13.2. The van der Waals surface area contributed by atoms with Crippen molar-refractivity contribution in [3.8, 4) is 28.3 Å². The van der Waals surface area contributed by atoms with Crippen molar-refractivity contribution in [2.24, 2.45) is 5.73 Å². The van der Waals surface area contributed by atoms with Gasteiger partial charge >= 0.3 is 0 Å². The third-order valence-corrected chi connectivity index (χ3v) is 6.01. The largest absolute Gasteiger partial charge is 0.496 e. The summed E-state index contributed by atoms with van der Waals surface area (Å²) in [4.78, 5) is 16.9. The van der Waals surface area contributed by atoms with Crippen LogP contribution in [0.15, 0.2) is 48.5 Å². The number of methoxy groups -OCH3 is 1. The zero-order valence-electron chi connectivity index (χ0n) is 17.8. The minimum Gasteiger partial charge on any atom is -0.496 e. The molecule has 2 aromatic carbocycles. The smallest absolute Gasteiger partial charge is 0.254 e. The topological polar surface area (TPSA) is 129 Å². The highest BCUT2D eigenvalue weighted by atomic mass is 19.1. The Balaban J connectivity index is 1.67. The molecule has 9 heteroatoms. The Labute approximate surface area is 188 Å². The summed E-state index contributed by atoms with van der Waals surface area (Å²) in [6.07, 6.45) is 0.617. The molecule has 0 aliphatic heterocycles. The van der Waals surface area contributed by atoms with Gasteiger partial charge in [0.15, 0.2) is 0 Å². The second-order valence-corrected chi connectivity index (χ2v) is 8.15. The van der Waals surface area contributed by atoms with Crippen molar-refractivity contribution in [1.82, 2.24) is 14.8 Å². The molecule has 2 aromatic heterocycles. The Morgan fingerprint density at radius 2 is 1.97 bits per heavy atom. The zero-order chi connectivity index (χ0) is 23.3. The van der Waals surface area contributed by atoms with Crippen molar-refractivity contribution in [3.63, 3.8) is 0 Å². The van der Waals surface area contributed by atoms with E-state index in [0.29, 0.717) is 46.6 Å². The molecule has 0 unspecified atom stereocenters. The number of carbonyl (C=O) groups is 1. The lowest BCUT2D eigenvalue weighted by Crippen LogP contribution is -2.32. The molecule has 33 heavy (non-hydrogen) atoms. The minimum atomic E-state index is -0.687. The Hall–Kier alpha value is -3.98. The number of nitrogen functional groups attached to an aromatic ring is 1. The van der Waals surface area contributed by atoms with E-state index >= 15 is 0 Å². The zero-order valence-corrected chi connectivity index (χ0v) is 17.8. The van der Waals surface area contributed by atoms with Crippen molar-refractivity contribution in [1.29, 1.82) is 0 Å². The van der Waals surface area contributed by atoms with Gasteiger partial charge in [-0.25, -0.2) is 14.1 Å². The number of pyridine rings is 1. The Morgan fingerprint density at radius 1 is 1.18 bits per heavy atom. The van der Waals surface area contributed by atoms with E-state index in [1.165, 1.54) is 12.1 Å². The number of primary amides is 1. The number of anilines is 1. The first-order valence-electron chi connectivity index (χ1n) is 10.5. The third-order valence-electron chi connectivity index (χ3n) is 6.01. The van der Waals surface area contributed by atoms with Crippen LogP contribution in [0.2, 0.25) is 0 Å². The lowest BCUT2D eigenvalue weighted by atomic mass is 9.90. The number of ether oxygens (including phenoxy) is 1. The highest BCUT2D eigenvalue weighted by Gasteiger charge is 2.33. The number of carbonyl (C=O) groups excluding carboxylic acids is 1. The number of fused-ring (bicyclic) bond motifs is 1. The molecule has 1 aliphatic carbocycles. The van der Waals surface area contributed by atoms with Crippen LogP contribution in [0.5, 0.6) is 5.75 Å². The molecule has 0 spiro atoms. The Morgan fingerprint density at radius 3 is 2.64 bits per heavy atom. The van der Waals surface area contributed by atoms with E-state index in [1.54, 1.807) is 42.1 Å². The molecule has 1 saturated carbocycles. The van der Waals surface area contributed by atoms with Gasteiger partial charge in [-0.2, -0.15) is 5.10 Å². The average Bonchev–Trinajstić information content (AvgIpc) is 3.12. The van der Waals surface area contributed by atoms with Crippen LogP contribution in [-0.2, 0) is 0 Å². The molecule has 2 heterocycles. The van der Waals surface area contributed by atoms with Crippen LogP contribution in [0.3, 0.4) is 0 Å². The number of nitrogens with two attached hydrogens (primary N) is 2. The van der Waals surface area contributed by atoms with E-state index in [0.717, 1.165) is 5.39 Å². The number of aliphatic hydroxyl groups excluding tert-OH is 1. The lowest BCUT2D eigenvalue weighted by molar-refractivity contribution is 0.0445. The maximum absolute atomic E-state index is 13.8. The molecular weight excluding hydrogens is 425 g/mol. The normalized spacial score (nSPS) is 17.7. The SMILES string of the molecule is COc1cc(-c2cccc(F)c2)nc2cc(-c3nn(C4CC(O)C4)c(N)c3C(N)=O)ccc12. The summed E-state index contributed by atoms with van der Waals surface area (Å²) >= 11 is 0. The first-order valence-corrected chi connectivity index (χ1v) is 10.5. The van der Waals surface area contributed by atoms with Crippen LogP contribution in [0, 0.1) is 5.82 Å².